The Morgan fingerprint density at radius 3 is 2.50 bits per heavy atom. The van der Waals surface area contributed by atoms with Crippen LogP contribution in [0.25, 0.3) is 0 Å². The Bertz CT molecular complexity index is 664. The normalized spacial score (nSPS) is 19.8. The molecule has 1 aromatic rings. The minimum Gasteiger partial charge on any atom is -0.353 e. The average molecular weight is 374 g/mol. The predicted molar refractivity (Wildman–Crippen MR) is 94.9 cm³/mol. The first-order valence-electron chi connectivity index (χ1n) is 8.12. The quantitative estimate of drug-likeness (QED) is 0.829. The van der Waals surface area contributed by atoms with E-state index in [1.807, 2.05) is 26.0 Å². The maximum absolute atomic E-state index is 12.7. The Balaban J connectivity index is 2.04. The van der Waals surface area contributed by atoms with Gasteiger partial charge >= 0.3 is 0 Å². The van der Waals surface area contributed by atoms with Gasteiger partial charge in [0.25, 0.3) is 10.2 Å². The van der Waals surface area contributed by atoms with Crippen LogP contribution in [0.15, 0.2) is 24.3 Å². The summed E-state index contributed by atoms with van der Waals surface area (Å²) in [6, 6.07) is 7.14. The summed E-state index contributed by atoms with van der Waals surface area (Å²) in [6.07, 6.45) is 1.50. The zero-order chi connectivity index (χ0) is 17.7. The highest BCUT2D eigenvalue weighted by molar-refractivity contribution is 7.86. The van der Waals surface area contributed by atoms with Crippen molar-refractivity contribution in [2.24, 2.45) is 0 Å². The van der Waals surface area contributed by atoms with Crippen molar-refractivity contribution in [3.8, 4) is 0 Å². The van der Waals surface area contributed by atoms with Gasteiger partial charge in [0.15, 0.2) is 0 Å². The molecule has 0 radical (unpaired) electrons. The molecule has 0 spiro atoms. The van der Waals surface area contributed by atoms with Gasteiger partial charge in [-0.3, -0.25) is 4.79 Å². The van der Waals surface area contributed by atoms with Crippen LogP contribution in [-0.4, -0.2) is 48.6 Å². The third-order valence-electron chi connectivity index (χ3n) is 4.08. The molecule has 1 aromatic carbocycles. The Labute approximate surface area is 149 Å². The van der Waals surface area contributed by atoms with Crippen molar-refractivity contribution in [1.82, 2.24) is 13.9 Å². The molecule has 8 heteroatoms. The van der Waals surface area contributed by atoms with Gasteiger partial charge in [-0.05, 0) is 37.5 Å². The number of nitrogens with one attached hydrogen (secondary N) is 1. The predicted octanol–water partition coefficient (Wildman–Crippen LogP) is 2.01. The van der Waals surface area contributed by atoms with Crippen LogP contribution in [0.1, 0.15) is 32.3 Å². The van der Waals surface area contributed by atoms with Crippen LogP contribution in [0, 0.1) is 0 Å². The van der Waals surface area contributed by atoms with Gasteiger partial charge in [-0.25, -0.2) is 0 Å². The number of carbonyl (C=O) groups excluding carboxylic acids is 1. The molecule has 0 aliphatic carbocycles. The van der Waals surface area contributed by atoms with Gasteiger partial charge in [0, 0.05) is 30.7 Å². The molecule has 24 heavy (non-hydrogen) atoms. The molecule has 0 aromatic heterocycles. The van der Waals surface area contributed by atoms with Crippen molar-refractivity contribution in [2.45, 2.75) is 39.3 Å². The fourth-order valence-electron chi connectivity index (χ4n) is 2.51. The smallest absolute Gasteiger partial charge is 0.282 e. The van der Waals surface area contributed by atoms with E-state index in [9.17, 15) is 13.2 Å². The third kappa shape index (κ3) is 4.92. The molecule has 6 nitrogen and oxygen atoms in total. The van der Waals surface area contributed by atoms with Crippen LogP contribution in [0.3, 0.4) is 0 Å². The SMILES string of the molecule is CC[C@@H](C)NC(=O)CN1CCCN(Cc2ccc(Cl)cc2)S1(=O)=O. The van der Waals surface area contributed by atoms with E-state index < -0.39 is 10.2 Å². The minimum absolute atomic E-state index is 0.0372. The van der Waals surface area contributed by atoms with Gasteiger partial charge in [0.2, 0.25) is 5.91 Å². The molecular weight excluding hydrogens is 350 g/mol. The third-order valence-corrected chi connectivity index (χ3v) is 6.26. The lowest BCUT2D eigenvalue weighted by Crippen LogP contribution is -2.52. The number of rotatable bonds is 6. The van der Waals surface area contributed by atoms with Gasteiger partial charge < -0.3 is 5.32 Å². The number of hydrogen-bond acceptors (Lipinski definition) is 3. The molecule has 0 saturated carbocycles. The Morgan fingerprint density at radius 1 is 1.25 bits per heavy atom. The first-order valence-corrected chi connectivity index (χ1v) is 9.89. The summed E-state index contributed by atoms with van der Waals surface area (Å²) < 4.78 is 28.1. The molecule has 1 atom stereocenters. The molecule has 1 saturated heterocycles. The van der Waals surface area contributed by atoms with Crippen molar-refractivity contribution in [1.29, 1.82) is 0 Å². The number of benzene rings is 1. The van der Waals surface area contributed by atoms with Crippen LogP contribution >= 0.6 is 11.6 Å². The lowest BCUT2D eigenvalue weighted by molar-refractivity contribution is -0.122. The summed E-state index contributed by atoms with van der Waals surface area (Å²) >= 11 is 5.86. The average Bonchev–Trinajstić information content (AvgIpc) is 2.53. The molecule has 0 bridgehead atoms. The van der Waals surface area contributed by atoms with E-state index in [1.54, 1.807) is 12.1 Å². The van der Waals surface area contributed by atoms with Gasteiger partial charge in [-0.2, -0.15) is 17.0 Å². The van der Waals surface area contributed by atoms with Crippen LogP contribution in [0.2, 0.25) is 5.02 Å². The molecule has 1 aliphatic heterocycles. The highest BCUT2D eigenvalue weighted by Crippen LogP contribution is 2.20. The van der Waals surface area contributed by atoms with Crippen molar-refractivity contribution in [3.05, 3.63) is 34.9 Å². The minimum atomic E-state index is -3.64. The van der Waals surface area contributed by atoms with Crippen molar-refractivity contribution in [3.63, 3.8) is 0 Å². The van der Waals surface area contributed by atoms with Crippen LogP contribution in [0.5, 0.6) is 0 Å². The summed E-state index contributed by atoms with van der Waals surface area (Å²) in [7, 11) is -3.64. The maximum Gasteiger partial charge on any atom is 0.282 e. The second-order valence-electron chi connectivity index (χ2n) is 6.03. The highest BCUT2D eigenvalue weighted by atomic mass is 35.5. The second-order valence-corrected chi connectivity index (χ2v) is 8.40. The van der Waals surface area contributed by atoms with Crippen molar-refractivity contribution in [2.75, 3.05) is 19.6 Å². The summed E-state index contributed by atoms with van der Waals surface area (Å²) in [4.78, 5) is 12.0. The lowest BCUT2D eigenvalue weighted by atomic mass is 10.2. The molecule has 1 fully saturated rings. The number of carbonyl (C=O) groups is 1. The van der Waals surface area contributed by atoms with E-state index >= 15 is 0 Å². The van der Waals surface area contributed by atoms with Crippen LogP contribution < -0.4 is 5.32 Å². The Kier molecular flexibility index (Phi) is 6.62. The molecule has 1 heterocycles. The summed E-state index contributed by atoms with van der Waals surface area (Å²) in [5, 5.41) is 3.42. The fraction of sp³-hybridized carbons (Fsp3) is 0.562. The number of nitrogens with zero attached hydrogens (tertiary/aromatic N) is 2. The number of amides is 1. The van der Waals surface area contributed by atoms with Crippen molar-refractivity contribution < 1.29 is 13.2 Å². The summed E-state index contributed by atoms with van der Waals surface area (Å²) in [5.41, 5.74) is 0.869. The number of hydrogen-bond donors (Lipinski definition) is 1. The Morgan fingerprint density at radius 2 is 1.88 bits per heavy atom. The monoisotopic (exact) mass is 373 g/mol. The van der Waals surface area contributed by atoms with Gasteiger partial charge in [0.05, 0.1) is 6.54 Å². The van der Waals surface area contributed by atoms with Gasteiger partial charge in [-0.15, -0.1) is 0 Å². The zero-order valence-corrected chi connectivity index (χ0v) is 15.6. The Hall–Kier alpha value is -1.15. The van der Waals surface area contributed by atoms with Crippen LogP contribution in [-0.2, 0) is 21.5 Å². The highest BCUT2D eigenvalue weighted by Gasteiger charge is 2.34. The molecular formula is C16H24ClN3O3S. The standard InChI is InChI=1S/C16H24ClN3O3S/c1-3-13(2)18-16(21)12-20-10-4-9-19(24(20,22)23)11-14-5-7-15(17)8-6-14/h5-8,13H,3-4,9-12H2,1-2H3,(H,18,21)/t13-/m1/s1. The summed E-state index contributed by atoms with van der Waals surface area (Å²) in [6.45, 7) is 4.83. The van der Waals surface area contributed by atoms with Crippen molar-refractivity contribution >= 4 is 27.7 Å². The van der Waals surface area contributed by atoms with E-state index in [0.29, 0.717) is 24.5 Å². The molecule has 2 rings (SSSR count). The lowest BCUT2D eigenvalue weighted by Gasteiger charge is -2.34. The van der Waals surface area contributed by atoms with Gasteiger partial charge in [0.1, 0.15) is 0 Å². The number of halogens is 1. The van der Waals surface area contributed by atoms with E-state index in [-0.39, 0.29) is 25.0 Å². The second kappa shape index (κ2) is 8.29. The van der Waals surface area contributed by atoms with E-state index in [2.05, 4.69) is 5.32 Å². The largest absolute Gasteiger partial charge is 0.353 e. The zero-order valence-electron chi connectivity index (χ0n) is 14.0. The molecule has 0 unspecified atom stereocenters. The van der Waals surface area contributed by atoms with E-state index in [0.717, 1.165) is 12.0 Å². The van der Waals surface area contributed by atoms with Gasteiger partial charge in [-0.1, -0.05) is 30.7 Å². The maximum atomic E-state index is 12.7. The fourth-order valence-corrected chi connectivity index (χ4v) is 4.28. The van der Waals surface area contributed by atoms with E-state index in [1.165, 1.54) is 8.61 Å². The first kappa shape index (κ1) is 19.2. The summed E-state index contributed by atoms with van der Waals surface area (Å²) in [5.74, 6) is -0.263. The molecule has 134 valence electrons. The molecule has 1 aliphatic rings. The van der Waals surface area contributed by atoms with E-state index in [4.69, 9.17) is 11.6 Å². The molecule has 1 N–H and O–H groups in total. The molecule has 1 amide bonds. The van der Waals surface area contributed by atoms with Crippen LogP contribution in [0.4, 0.5) is 0 Å². The topological polar surface area (TPSA) is 69.7 Å². The first-order chi connectivity index (χ1) is 11.3.